The van der Waals surface area contributed by atoms with E-state index in [1.165, 1.54) is 0 Å². The summed E-state index contributed by atoms with van der Waals surface area (Å²) >= 11 is 0. The van der Waals surface area contributed by atoms with Gasteiger partial charge in [0.15, 0.2) is 0 Å². The number of nitrogens with two attached hydrogens (primary N) is 1. The van der Waals surface area contributed by atoms with Crippen molar-refractivity contribution in [2.45, 2.75) is 32.7 Å². The molecule has 4 nitrogen and oxygen atoms in total. The summed E-state index contributed by atoms with van der Waals surface area (Å²) in [5.41, 5.74) is 5.63. The molecule has 15 heavy (non-hydrogen) atoms. The van der Waals surface area contributed by atoms with Gasteiger partial charge in [-0.3, -0.25) is 4.79 Å². The van der Waals surface area contributed by atoms with Crippen LogP contribution in [0.4, 0.5) is 0 Å². The van der Waals surface area contributed by atoms with E-state index in [0.717, 1.165) is 39.1 Å². The Balaban J connectivity index is 2.24. The Morgan fingerprint density at radius 2 is 1.93 bits per heavy atom. The molecule has 1 unspecified atom stereocenters. The summed E-state index contributed by atoms with van der Waals surface area (Å²) in [7, 11) is 0. The van der Waals surface area contributed by atoms with Crippen LogP contribution in [0, 0.1) is 0 Å². The zero-order valence-corrected chi connectivity index (χ0v) is 9.91. The third-order valence-corrected chi connectivity index (χ3v) is 2.99. The average Bonchev–Trinajstić information content (AvgIpc) is 2.26. The Morgan fingerprint density at radius 3 is 2.40 bits per heavy atom. The van der Waals surface area contributed by atoms with Crippen LogP contribution >= 0.6 is 0 Å². The molecule has 1 amide bonds. The van der Waals surface area contributed by atoms with Crippen molar-refractivity contribution in [1.29, 1.82) is 0 Å². The molecule has 2 N–H and O–H groups in total. The molecule has 0 aromatic carbocycles. The minimum atomic E-state index is 0.130. The molecule has 1 rings (SSSR count). The first kappa shape index (κ1) is 12.5. The molecule has 1 aliphatic heterocycles. The van der Waals surface area contributed by atoms with Gasteiger partial charge in [-0.1, -0.05) is 6.92 Å². The van der Waals surface area contributed by atoms with Crippen molar-refractivity contribution in [1.82, 2.24) is 9.80 Å². The van der Waals surface area contributed by atoms with Crippen molar-refractivity contribution in [2.24, 2.45) is 5.73 Å². The highest BCUT2D eigenvalue weighted by Gasteiger charge is 2.19. The third kappa shape index (κ3) is 4.18. The number of hydrogen-bond donors (Lipinski definition) is 1. The van der Waals surface area contributed by atoms with Crippen molar-refractivity contribution in [3.8, 4) is 0 Å². The quantitative estimate of drug-likeness (QED) is 0.729. The Kier molecular flexibility index (Phi) is 5.05. The third-order valence-electron chi connectivity index (χ3n) is 2.99. The van der Waals surface area contributed by atoms with Crippen molar-refractivity contribution in [2.75, 3.05) is 32.7 Å². The maximum Gasteiger partial charge on any atom is 0.222 e. The number of likely N-dealkylation sites (N-methyl/N-ethyl adjacent to an activating group) is 1. The summed E-state index contributed by atoms with van der Waals surface area (Å²) in [5, 5.41) is 0. The first-order chi connectivity index (χ1) is 7.13. The number of carbonyl (C=O) groups excluding carboxylic acids is 1. The molecule has 0 bridgehead atoms. The van der Waals surface area contributed by atoms with E-state index in [0.29, 0.717) is 6.42 Å². The highest BCUT2D eigenvalue weighted by Crippen LogP contribution is 2.05. The lowest BCUT2D eigenvalue weighted by atomic mass is 10.1. The van der Waals surface area contributed by atoms with Gasteiger partial charge in [-0.05, 0) is 19.9 Å². The molecule has 1 heterocycles. The van der Waals surface area contributed by atoms with Crippen molar-refractivity contribution < 1.29 is 4.79 Å². The number of nitrogens with zero attached hydrogens (tertiary/aromatic N) is 2. The molecular formula is C11H23N3O. The monoisotopic (exact) mass is 213 g/mol. The van der Waals surface area contributed by atoms with Gasteiger partial charge in [0.1, 0.15) is 0 Å². The van der Waals surface area contributed by atoms with Gasteiger partial charge in [-0.25, -0.2) is 0 Å². The molecule has 1 saturated heterocycles. The molecule has 0 saturated carbocycles. The van der Waals surface area contributed by atoms with Crippen molar-refractivity contribution >= 4 is 5.91 Å². The van der Waals surface area contributed by atoms with E-state index < -0.39 is 0 Å². The van der Waals surface area contributed by atoms with Crippen LogP contribution in [0.25, 0.3) is 0 Å². The zero-order valence-electron chi connectivity index (χ0n) is 9.91. The molecule has 1 aliphatic rings. The fraction of sp³-hybridized carbons (Fsp3) is 0.909. The van der Waals surface area contributed by atoms with Gasteiger partial charge in [0.2, 0.25) is 5.91 Å². The van der Waals surface area contributed by atoms with Gasteiger partial charge in [-0.2, -0.15) is 0 Å². The Bertz CT molecular complexity index is 198. The van der Waals surface area contributed by atoms with Gasteiger partial charge in [-0.15, -0.1) is 0 Å². The van der Waals surface area contributed by atoms with Crippen LogP contribution in [0.15, 0.2) is 0 Å². The summed E-state index contributed by atoms with van der Waals surface area (Å²) in [5.74, 6) is 0.267. The smallest absolute Gasteiger partial charge is 0.222 e. The molecule has 0 radical (unpaired) electrons. The van der Waals surface area contributed by atoms with E-state index in [9.17, 15) is 4.79 Å². The standard InChI is InChI=1S/C11H23N3O/c1-3-13-6-8-14(9-7-13)11(15)5-4-10(2)12/h10H,3-9,12H2,1-2H3. The van der Waals surface area contributed by atoms with E-state index >= 15 is 0 Å². The molecule has 0 aromatic heterocycles. The highest BCUT2D eigenvalue weighted by atomic mass is 16.2. The van der Waals surface area contributed by atoms with Gasteiger partial charge in [0.05, 0.1) is 0 Å². The minimum absolute atomic E-state index is 0.130. The number of piperazine rings is 1. The largest absolute Gasteiger partial charge is 0.340 e. The molecule has 88 valence electrons. The molecule has 1 fully saturated rings. The van der Waals surface area contributed by atoms with Crippen LogP contribution < -0.4 is 5.73 Å². The van der Waals surface area contributed by atoms with Crippen molar-refractivity contribution in [3.63, 3.8) is 0 Å². The summed E-state index contributed by atoms with van der Waals surface area (Å²) in [6, 6.07) is 0.130. The molecule has 0 spiro atoms. The zero-order chi connectivity index (χ0) is 11.3. The minimum Gasteiger partial charge on any atom is -0.340 e. The second-order valence-electron chi connectivity index (χ2n) is 4.33. The van der Waals surface area contributed by atoms with Crippen LogP contribution in [-0.2, 0) is 4.79 Å². The lowest BCUT2D eigenvalue weighted by molar-refractivity contribution is -0.133. The highest BCUT2D eigenvalue weighted by molar-refractivity contribution is 5.76. The summed E-state index contributed by atoms with van der Waals surface area (Å²) in [6.45, 7) is 8.98. The predicted molar refractivity (Wildman–Crippen MR) is 61.6 cm³/mol. The number of carbonyl (C=O) groups is 1. The van der Waals surface area contributed by atoms with Gasteiger partial charge >= 0.3 is 0 Å². The number of rotatable bonds is 4. The Labute approximate surface area is 92.4 Å². The second-order valence-corrected chi connectivity index (χ2v) is 4.33. The molecule has 1 atom stereocenters. The first-order valence-corrected chi connectivity index (χ1v) is 5.89. The Morgan fingerprint density at radius 1 is 1.33 bits per heavy atom. The topological polar surface area (TPSA) is 49.6 Å². The van der Waals surface area contributed by atoms with E-state index in [-0.39, 0.29) is 11.9 Å². The lowest BCUT2D eigenvalue weighted by Crippen LogP contribution is -2.48. The normalized spacial score (nSPS) is 20.3. The molecule has 4 heteroatoms. The van der Waals surface area contributed by atoms with E-state index in [4.69, 9.17) is 5.73 Å². The van der Waals surface area contributed by atoms with Gasteiger partial charge < -0.3 is 15.5 Å². The van der Waals surface area contributed by atoms with Crippen LogP contribution in [0.5, 0.6) is 0 Å². The van der Waals surface area contributed by atoms with E-state index in [1.807, 2.05) is 11.8 Å². The summed E-state index contributed by atoms with van der Waals surface area (Å²) in [6.07, 6.45) is 1.40. The number of hydrogen-bond acceptors (Lipinski definition) is 3. The number of amides is 1. The van der Waals surface area contributed by atoms with E-state index in [1.54, 1.807) is 0 Å². The predicted octanol–water partition coefficient (Wildman–Crippen LogP) is 0.278. The fourth-order valence-corrected chi connectivity index (χ4v) is 1.82. The SMILES string of the molecule is CCN1CCN(C(=O)CCC(C)N)CC1. The second kappa shape index (κ2) is 6.08. The average molecular weight is 213 g/mol. The first-order valence-electron chi connectivity index (χ1n) is 5.89. The van der Waals surface area contributed by atoms with Crippen LogP contribution in [-0.4, -0.2) is 54.5 Å². The van der Waals surface area contributed by atoms with Crippen LogP contribution in [0.2, 0.25) is 0 Å². The molecule has 0 aromatic rings. The van der Waals surface area contributed by atoms with Gasteiger partial charge in [0.25, 0.3) is 0 Å². The molecular weight excluding hydrogens is 190 g/mol. The van der Waals surface area contributed by atoms with Crippen LogP contribution in [0.3, 0.4) is 0 Å². The van der Waals surface area contributed by atoms with Crippen LogP contribution in [0.1, 0.15) is 26.7 Å². The lowest BCUT2D eigenvalue weighted by Gasteiger charge is -2.34. The van der Waals surface area contributed by atoms with Crippen molar-refractivity contribution in [3.05, 3.63) is 0 Å². The summed E-state index contributed by atoms with van der Waals surface area (Å²) in [4.78, 5) is 16.1. The van der Waals surface area contributed by atoms with Gasteiger partial charge in [0, 0.05) is 38.6 Å². The summed E-state index contributed by atoms with van der Waals surface area (Å²) < 4.78 is 0. The fourth-order valence-electron chi connectivity index (χ4n) is 1.82. The Hall–Kier alpha value is -0.610. The maximum absolute atomic E-state index is 11.7. The maximum atomic E-state index is 11.7. The van der Waals surface area contributed by atoms with E-state index in [2.05, 4.69) is 11.8 Å². The molecule has 0 aliphatic carbocycles.